The fourth-order valence-corrected chi connectivity index (χ4v) is 3.21. The number of benzene rings is 2. The van der Waals surface area contributed by atoms with Crippen LogP contribution in [-0.4, -0.2) is 30.8 Å². The summed E-state index contributed by atoms with van der Waals surface area (Å²) in [5.74, 6) is 0.612. The summed E-state index contributed by atoms with van der Waals surface area (Å²) in [5.41, 5.74) is 2.27. The third kappa shape index (κ3) is 6.07. The number of aryl methyl sites for hydroxylation is 1. The molecule has 0 saturated carbocycles. The molecule has 2 aromatic carbocycles. The summed E-state index contributed by atoms with van der Waals surface area (Å²) in [4.78, 5) is 26.0. The average molecular weight is 426 g/mol. The Bertz CT molecular complexity index is 967. The lowest BCUT2D eigenvalue weighted by Crippen LogP contribution is -2.34. The molecule has 164 valence electrons. The lowest BCUT2D eigenvalue weighted by molar-refractivity contribution is -0.118. The van der Waals surface area contributed by atoms with Gasteiger partial charge >= 0.3 is 6.09 Å². The number of rotatable bonds is 6. The molecule has 1 N–H and O–H groups in total. The highest BCUT2D eigenvalue weighted by Gasteiger charge is 2.25. The van der Waals surface area contributed by atoms with E-state index in [1.165, 1.54) is 0 Å². The molecule has 2 aromatic rings. The second-order valence-electron chi connectivity index (χ2n) is 8.27. The Morgan fingerprint density at radius 3 is 2.58 bits per heavy atom. The SMILES string of the molecule is CC(C)(C)OC(=O)NC/C(=C/F)COc1ccc2c(c1)CCC(=O)N2c1ccccc1. The van der Waals surface area contributed by atoms with E-state index in [0.717, 1.165) is 16.9 Å². The molecule has 0 atom stereocenters. The molecule has 0 fully saturated rings. The largest absolute Gasteiger partial charge is 0.489 e. The molecule has 3 rings (SSSR count). The molecule has 0 aliphatic carbocycles. The van der Waals surface area contributed by atoms with Crippen LogP contribution in [0.5, 0.6) is 5.75 Å². The number of nitrogens with zero attached hydrogens (tertiary/aromatic N) is 1. The minimum atomic E-state index is -0.627. The summed E-state index contributed by atoms with van der Waals surface area (Å²) in [6.07, 6.45) is 0.818. The number of amides is 2. The molecule has 0 aromatic heterocycles. The number of hydrogen-bond acceptors (Lipinski definition) is 4. The van der Waals surface area contributed by atoms with Gasteiger partial charge in [-0.15, -0.1) is 0 Å². The van der Waals surface area contributed by atoms with Gasteiger partial charge in [-0.2, -0.15) is 0 Å². The highest BCUT2D eigenvalue weighted by molar-refractivity contribution is 6.03. The fourth-order valence-electron chi connectivity index (χ4n) is 3.21. The number of anilines is 2. The third-order valence-electron chi connectivity index (χ3n) is 4.60. The standard InChI is InChI=1S/C24H27FN2O4/c1-24(2,3)31-23(29)26-15-17(14-25)16-30-20-10-11-21-18(13-20)9-12-22(28)27(21)19-7-5-4-6-8-19/h4-8,10-11,13-14H,9,12,15-16H2,1-3H3,(H,26,29)/b17-14-. The molecule has 0 spiro atoms. The van der Waals surface area contributed by atoms with Gasteiger partial charge in [0.05, 0.1) is 12.0 Å². The van der Waals surface area contributed by atoms with Gasteiger partial charge in [0.15, 0.2) is 0 Å². The van der Waals surface area contributed by atoms with Crippen molar-refractivity contribution >= 4 is 23.4 Å². The Morgan fingerprint density at radius 1 is 1.16 bits per heavy atom. The molecule has 1 heterocycles. The number of carbonyl (C=O) groups is 2. The number of fused-ring (bicyclic) bond motifs is 1. The van der Waals surface area contributed by atoms with Crippen molar-refractivity contribution in [3.05, 3.63) is 66.0 Å². The van der Waals surface area contributed by atoms with Gasteiger partial charge in [0, 0.05) is 24.2 Å². The summed E-state index contributed by atoms with van der Waals surface area (Å²) in [7, 11) is 0. The molecule has 0 unspecified atom stereocenters. The Kier molecular flexibility index (Phi) is 6.95. The normalized spacial score (nSPS) is 14.1. The number of halogens is 1. The van der Waals surface area contributed by atoms with Gasteiger partial charge in [-0.1, -0.05) is 18.2 Å². The van der Waals surface area contributed by atoms with Gasteiger partial charge in [0.25, 0.3) is 0 Å². The van der Waals surface area contributed by atoms with E-state index in [-0.39, 0.29) is 24.6 Å². The summed E-state index contributed by atoms with van der Waals surface area (Å²) < 4.78 is 24.1. The van der Waals surface area contributed by atoms with E-state index in [4.69, 9.17) is 9.47 Å². The maximum Gasteiger partial charge on any atom is 0.407 e. The molecule has 31 heavy (non-hydrogen) atoms. The molecule has 2 amide bonds. The molecule has 1 aliphatic rings. The van der Waals surface area contributed by atoms with Crippen LogP contribution >= 0.6 is 0 Å². The van der Waals surface area contributed by atoms with E-state index in [2.05, 4.69) is 5.32 Å². The van der Waals surface area contributed by atoms with E-state index >= 15 is 0 Å². The predicted octanol–water partition coefficient (Wildman–Crippen LogP) is 5.05. The minimum absolute atomic E-state index is 0.0212. The Hall–Kier alpha value is -3.35. The van der Waals surface area contributed by atoms with Crippen molar-refractivity contribution in [1.29, 1.82) is 0 Å². The van der Waals surface area contributed by atoms with Crippen LogP contribution in [-0.2, 0) is 16.0 Å². The molecular formula is C24H27FN2O4. The van der Waals surface area contributed by atoms with Crippen LogP contribution in [0.3, 0.4) is 0 Å². The second-order valence-corrected chi connectivity index (χ2v) is 8.27. The van der Waals surface area contributed by atoms with Crippen molar-refractivity contribution < 1.29 is 23.5 Å². The number of para-hydroxylation sites is 1. The van der Waals surface area contributed by atoms with E-state index in [0.29, 0.717) is 24.9 Å². The second kappa shape index (κ2) is 9.64. The third-order valence-corrected chi connectivity index (χ3v) is 4.60. The van der Waals surface area contributed by atoms with Gasteiger partial charge in [0.2, 0.25) is 5.91 Å². The Labute approximate surface area is 181 Å². The molecular weight excluding hydrogens is 399 g/mol. The highest BCUT2D eigenvalue weighted by atomic mass is 19.1. The van der Waals surface area contributed by atoms with Crippen LogP contribution in [0.4, 0.5) is 20.6 Å². The highest BCUT2D eigenvalue weighted by Crippen LogP contribution is 2.36. The quantitative estimate of drug-likeness (QED) is 0.702. The summed E-state index contributed by atoms with van der Waals surface area (Å²) >= 11 is 0. The predicted molar refractivity (Wildman–Crippen MR) is 117 cm³/mol. The summed E-state index contributed by atoms with van der Waals surface area (Å²) in [6, 6.07) is 14.9. The molecule has 0 bridgehead atoms. The molecule has 0 radical (unpaired) electrons. The first-order valence-electron chi connectivity index (χ1n) is 10.2. The maximum absolute atomic E-state index is 13.2. The van der Waals surface area contributed by atoms with Crippen LogP contribution < -0.4 is 15.0 Å². The van der Waals surface area contributed by atoms with E-state index < -0.39 is 11.7 Å². The zero-order valence-corrected chi connectivity index (χ0v) is 18.0. The molecule has 6 nitrogen and oxygen atoms in total. The zero-order chi connectivity index (χ0) is 22.4. The first kappa shape index (κ1) is 22.3. The van der Waals surface area contributed by atoms with Crippen molar-refractivity contribution in [2.24, 2.45) is 0 Å². The smallest absolute Gasteiger partial charge is 0.407 e. The van der Waals surface area contributed by atoms with Crippen molar-refractivity contribution in [2.45, 2.75) is 39.2 Å². The zero-order valence-electron chi connectivity index (χ0n) is 18.0. The topological polar surface area (TPSA) is 67.9 Å². The van der Waals surface area contributed by atoms with Crippen LogP contribution in [0.25, 0.3) is 0 Å². The Balaban J connectivity index is 1.63. The van der Waals surface area contributed by atoms with Gasteiger partial charge in [-0.3, -0.25) is 9.69 Å². The molecule has 7 heteroatoms. The molecule has 1 aliphatic heterocycles. The summed E-state index contributed by atoms with van der Waals surface area (Å²) in [6.45, 7) is 5.22. The van der Waals surface area contributed by atoms with Crippen LogP contribution in [0.2, 0.25) is 0 Å². The first-order valence-corrected chi connectivity index (χ1v) is 10.2. The number of hydrogen-bond donors (Lipinski definition) is 1. The number of carbonyl (C=O) groups excluding carboxylic acids is 2. The summed E-state index contributed by atoms with van der Waals surface area (Å²) in [5, 5.41) is 2.51. The van der Waals surface area contributed by atoms with Crippen molar-refractivity contribution in [3.8, 4) is 5.75 Å². The van der Waals surface area contributed by atoms with Crippen molar-refractivity contribution in [2.75, 3.05) is 18.1 Å². The van der Waals surface area contributed by atoms with Crippen LogP contribution in [0, 0.1) is 0 Å². The lowest BCUT2D eigenvalue weighted by atomic mass is 10.00. The van der Waals surface area contributed by atoms with E-state index in [9.17, 15) is 14.0 Å². The fraction of sp³-hybridized carbons (Fsp3) is 0.333. The maximum atomic E-state index is 13.2. The van der Waals surface area contributed by atoms with E-state index in [1.807, 2.05) is 42.5 Å². The van der Waals surface area contributed by atoms with Gasteiger partial charge in [0.1, 0.15) is 18.0 Å². The molecule has 0 saturated heterocycles. The van der Waals surface area contributed by atoms with Gasteiger partial charge in [-0.05, 0) is 63.1 Å². The van der Waals surface area contributed by atoms with Crippen molar-refractivity contribution in [1.82, 2.24) is 5.32 Å². The van der Waals surface area contributed by atoms with Crippen LogP contribution in [0.1, 0.15) is 32.8 Å². The first-order chi connectivity index (χ1) is 14.8. The average Bonchev–Trinajstić information content (AvgIpc) is 2.73. The van der Waals surface area contributed by atoms with Crippen molar-refractivity contribution in [3.63, 3.8) is 0 Å². The van der Waals surface area contributed by atoms with E-state index in [1.54, 1.807) is 31.7 Å². The number of ether oxygens (including phenoxy) is 2. The Morgan fingerprint density at radius 2 is 1.90 bits per heavy atom. The van der Waals surface area contributed by atoms with Crippen LogP contribution in [0.15, 0.2) is 60.4 Å². The van der Waals surface area contributed by atoms with Gasteiger partial charge < -0.3 is 14.8 Å². The lowest BCUT2D eigenvalue weighted by Gasteiger charge is -2.29. The minimum Gasteiger partial charge on any atom is -0.489 e. The number of nitrogens with one attached hydrogen (secondary N) is 1. The van der Waals surface area contributed by atoms with Gasteiger partial charge in [-0.25, -0.2) is 9.18 Å². The number of alkyl carbamates (subject to hydrolysis) is 1. The monoisotopic (exact) mass is 426 g/mol.